The lowest BCUT2D eigenvalue weighted by Gasteiger charge is -2.49. The van der Waals surface area contributed by atoms with E-state index in [2.05, 4.69) is 110 Å². The minimum atomic E-state index is -0.959. The summed E-state index contributed by atoms with van der Waals surface area (Å²) in [5, 5.41) is 28.2. The highest BCUT2D eigenvalue weighted by atomic mass is 16.5. The maximum atomic E-state index is 13.3. The lowest BCUT2D eigenvalue weighted by Crippen LogP contribution is -2.46. The Bertz CT molecular complexity index is 5880. The smallest absolute Gasteiger partial charge is 0.335 e. The molecular formula is C90H89N7O10. The molecule has 3 fully saturated rings. The van der Waals surface area contributed by atoms with Crippen molar-refractivity contribution < 1.29 is 48.3 Å². The Labute approximate surface area is 620 Å². The van der Waals surface area contributed by atoms with Gasteiger partial charge in [0.05, 0.1) is 91.5 Å². The zero-order valence-corrected chi connectivity index (χ0v) is 62.5. The van der Waals surface area contributed by atoms with Crippen molar-refractivity contribution in [3.8, 4) is 28.7 Å². The van der Waals surface area contributed by atoms with Crippen molar-refractivity contribution in [2.45, 2.75) is 161 Å². The summed E-state index contributed by atoms with van der Waals surface area (Å²) in [6, 6.07) is 45.9. The van der Waals surface area contributed by atoms with E-state index >= 15 is 0 Å². The number of carbonyl (C=O) groups is 3. The largest absolute Gasteiger partial charge is 0.497 e. The average molecular weight is 1430 g/mol. The number of hydrogen-bond acceptors (Lipinski definition) is 14. The van der Waals surface area contributed by atoms with Gasteiger partial charge in [-0.3, -0.25) is 4.79 Å². The van der Waals surface area contributed by atoms with E-state index in [1.807, 2.05) is 66.7 Å². The predicted molar refractivity (Wildman–Crippen MR) is 420 cm³/mol. The summed E-state index contributed by atoms with van der Waals surface area (Å²) in [6.45, 7) is 20.7. The number of rotatable bonds is 7. The molecule has 107 heavy (non-hydrogen) atoms. The lowest BCUT2D eigenvalue weighted by molar-refractivity contribution is -0.0118. The van der Waals surface area contributed by atoms with Gasteiger partial charge in [0.1, 0.15) is 45.6 Å². The third-order valence-corrected chi connectivity index (χ3v) is 24.7. The molecule has 6 aliphatic rings. The Morgan fingerprint density at radius 3 is 1.11 bits per heavy atom. The molecule has 1 amide bonds. The van der Waals surface area contributed by atoms with E-state index in [9.17, 15) is 24.6 Å². The Hall–Kier alpha value is -10.8. The molecule has 544 valence electrons. The van der Waals surface area contributed by atoms with E-state index in [0.717, 1.165) is 138 Å². The van der Waals surface area contributed by atoms with E-state index in [0.29, 0.717) is 104 Å². The summed E-state index contributed by atoms with van der Waals surface area (Å²) in [4.78, 5) is 66.8. The molecular weight excluding hydrogens is 1340 g/mol. The molecule has 9 atom stereocenters. The number of fused-ring (bicyclic) bond motifs is 27. The number of aromatic carboxylic acids is 2. The number of carboxylic acids is 2. The third kappa shape index (κ3) is 11.9. The Morgan fingerprint density at radius 1 is 0.411 bits per heavy atom. The molecule has 3 N–H and O–H groups in total. The van der Waals surface area contributed by atoms with Crippen molar-refractivity contribution in [1.82, 2.24) is 35.2 Å². The van der Waals surface area contributed by atoms with Gasteiger partial charge in [-0.2, -0.15) is 0 Å². The summed E-state index contributed by atoms with van der Waals surface area (Å²) in [5.74, 6) is 6.39. The van der Waals surface area contributed by atoms with Crippen LogP contribution < -0.4 is 29.0 Å². The number of carbonyl (C=O) groups excluding carboxylic acids is 1. The number of benzene rings is 10. The van der Waals surface area contributed by atoms with Crippen LogP contribution in [-0.4, -0.2) is 89.0 Å². The molecule has 0 saturated heterocycles. The highest BCUT2D eigenvalue weighted by Gasteiger charge is 2.51. The second kappa shape index (κ2) is 26.3. The Balaban J connectivity index is 0.000000120. The highest BCUT2D eigenvalue weighted by Crippen LogP contribution is 2.60. The zero-order chi connectivity index (χ0) is 74.3. The molecule has 3 aliphatic heterocycles. The number of nitrogens with zero attached hydrogens (tertiary/aromatic N) is 6. The standard InChI is InChI=1S/C36H37N3O4.2C27H26N2O3/c1-20-10-14-27-26(16-20)31-33-32(24-8-6-7-9-25(24)34(31)43-36(27,2)3)39-29-17-21(12-15-28(29)38-33)35(40)37-19-22-11-13-23(41-4)18-30(22)42-5;1-14-8-10-19-18(12-14)22-24-23(29-21-13-15(26(30)31)9-11-20(21)28-24)16-6-4-5-7-17(16)25(22)32-27(19,2)3;1-14-8-10-19-18(12-14)22-24-23(28-20-11-9-15(26(30)31)13-21(20)29-24)16-6-4-5-7-17(16)25(22)32-27(19,2)3/h6-9,11-13,15,17-18,20,26-27H,10,14,16,19H2,1-5H3,(H,37,40);2*4-7,9,11,13-14,18-19H,8,10,12H2,1-3H3,(H,30,31)/t20-,26-,27-;2*14-,18-,19-/m000/s1. The minimum Gasteiger partial charge on any atom is -0.497 e. The average Bonchev–Trinajstić information content (AvgIpc) is 0.721. The van der Waals surface area contributed by atoms with Gasteiger partial charge in [-0.15, -0.1) is 0 Å². The van der Waals surface area contributed by atoms with E-state index in [1.165, 1.54) is 30.4 Å². The SMILES string of the molecule is COc1ccc(CNC(=O)c2ccc3nc4c5c(c6ccccc6c4nc3c2)OC(C)(C)[C@H]2CC[C@H](C)C[C@H]52)c(OC)c1.C[C@H]1CC[C@H]2[C@H](C1)c1c(c3ccccc3c3nc4cc(C(=O)O)ccc4nc13)OC2(C)C.C[C@H]1CC[C@H]2[C@H](C1)c1c(c3ccccc3c3nc4ccc(C(=O)O)cc4nc13)OC2(C)C. The third-order valence-electron chi connectivity index (χ3n) is 24.7. The van der Waals surface area contributed by atoms with Crippen molar-refractivity contribution in [2.75, 3.05) is 14.2 Å². The fourth-order valence-corrected chi connectivity index (χ4v) is 19.4. The first-order chi connectivity index (χ1) is 51.4. The topological polar surface area (TPSA) is 227 Å². The van der Waals surface area contributed by atoms with Crippen molar-refractivity contribution in [3.63, 3.8) is 0 Å². The van der Waals surface area contributed by atoms with Crippen LogP contribution in [0.4, 0.5) is 0 Å². The molecule has 3 saturated carbocycles. The van der Waals surface area contributed by atoms with Crippen LogP contribution in [0.1, 0.15) is 191 Å². The van der Waals surface area contributed by atoms with Gasteiger partial charge in [0.15, 0.2) is 0 Å². The molecule has 17 nitrogen and oxygen atoms in total. The first-order valence-corrected chi connectivity index (χ1v) is 37.9. The van der Waals surface area contributed by atoms with Gasteiger partial charge in [-0.25, -0.2) is 39.5 Å². The molecule has 0 bridgehead atoms. The second-order valence-corrected chi connectivity index (χ2v) is 32.7. The maximum Gasteiger partial charge on any atom is 0.335 e. The Morgan fingerprint density at radius 2 is 0.748 bits per heavy atom. The number of hydrogen-bond donors (Lipinski definition) is 3. The lowest BCUT2D eigenvalue weighted by atomic mass is 9.64. The van der Waals surface area contributed by atoms with Crippen LogP contribution in [0.25, 0.3) is 98.5 Å². The van der Waals surface area contributed by atoms with Crippen molar-refractivity contribution in [2.24, 2.45) is 35.5 Å². The summed E-state index contributed by atoms with van der Waals surface area (Å²) in [7, 11) is 3.22. The number of methoxy groups -OCH3 is 2. The van der Waals surface area contributed by atoms with Crippen LogP contribution in [0.5, 0.6) is 28.7 Å². The molecule has 13 aromatic rings. The molecule has 17 heteroatoms. The summed E-state index contributed by atoms with van der Waals surface area (Å²) < 4.78 is 31.2. The molecule has 6 heterocycles. The van der Waals surface area contributed by atoms with E-state index in [1.54, 1.807) is 50.6 Å². The molecule has 0 spiro atoms. The van der Waals surface area contributed by atoms with Crippen molar-refractivity contribution in [3.05, 3.63) is 185 Å². The maximum absolute atomic E-state index is 13.3. The summed E-state index contributed by atoms with van der Waals surface area (Å²) in [6.07, 6.45) is 10.4. The number of aromatic nitrogens is 6. The van der Waals surface area contributed by atoms with Gasteiger partial charge in [0.2, 0.25) is 0 Å². The predicted octanol–water partition coefficient (Wildman–Crippen LogP) is 20.2. The summed E-state index contributed by atoms with van der Waals surface area (Å²) in [5.41, 5.74) is 14.0. The number of amides is 1. The Kier molecular flexibility index (Phi) is 17.0. The fraction of sp³-hybridized carbons (Fsp3) is 0.367. The van der Waals surface area contributed by atoms with Crippen LogP contribution >= 0.6 is 0 Å². The molecule has 0 unspecified atom stereocenters. The van der Waals surface area contributed by atoms with E-state index in [4.69, 9.17) is 53.6 Å². The van der Waals surface area contributed by atoms with Crippen LogP contribution in [-0.2, 0) is 6.54 Å². The molecule has 0 radical (unpaired) electrons. The van der Waals surface area contributed by atoms with Crippen molar-refractivity contribution >= 4 is 116 Å². The van der Waals surface area contributed by atoms with Crippen LogP contribution in [0.15, 0.2) is 146 Å². The molecule has 3 aromatic heterocycles. The number of nitrogens with one attached hydrogen (secondary N) is 1. The van der Waals surface area contributed by atoms with Gasteiger partial charge in [-0.1, -0.05) is 113 Å². The van der Waals surface area contributed by atoms with Crippen LogP contribution in [0, 0.1) is 35.5 Å². The molecule has 3 aliphatic carbocycles. The van der Waals surface area contributed by atoms with Gasteiger partial charge in [-0.05, 0) is 182 Å². The first kappa shape index (κ1) is 69.2. The first-order valence-electron chi connectivity index (χ1n) is 37.9. The monoisotopic (exact) mass is 1430 g/mol. The normalized spacial score (nSPS) is 22.8. The van der Waals surface area contributed by atoms with E-state index in [-0.39, 0.29) is 33.8 Å². The molecule has 19 rings (SSSR count). The van der Waals surface area contributed by atoms with E-state index < -0.39 is 11.9 Å². The molecule has 10 aromatic carbocycles. The van der Waals surface area contributed by atoms with Crippen LogP contribution in [0.3, 0.4) is 0 Å². The fourth-order valence-electron chi connectivity index (χ4n) is 19.4. The summed E-state index contributed by atoms with van der Waals surface area (Å²) >= 11 is 0. The number of ether oxygens (including phenoxy) is 5. The van der Waals surface area contributed by atoms with Crippen molar-refractivity contribution in [1.29, 1.82) is 0 Å². The van der Waals surface area contributed by atoms with Gasteiger partial charge < -0.3 is 39.2 Å². The zero-order valence-electron chi connectivity index (χ0n) is 62.5. The quantitative estimate of drug-likeness (QED) is 0.0996. The minimum absolute atomic E-state index is 0.188. The van der Waals surface area contributed by atoms with Gasteiger partial charge in [0, 0.05) is 90.5 Å². The highest BCUT2D eigenvalue weighted by molar-refractivity contribution is 6.14. The number of carboxylic acid groups (broad SMARTS) is 2. The van der Waals surface area contributed by atoms with Gasteiger partial charge >= 0.3 is 11.9 Å². The van der Waals surface area contributed by atoms with Crippen LogP contribution in [0.2, 0.25) is 0 Å². The second-order valence-electron chi connectivity index (χ2n) is 32.7. The van der Waals surface area contributed by atoms with Gasteiger partial charge in [0.25, 0.3) is 5.91 Å².